The molecule has 2 saturated heterocycles. The van der Waals surface area contributed by atoms with E-state index in [-0.39, 0.29) is 17.8 Å². The fourth-order valence-corrected chi connectivity index (χ4v) is 4.01. The fourth-order valence-electron chi connectivity index (χ4n) is 4.01. The first-order valence-corrected chi connectivity index (χ1v) is 9.07. The van der Waals surface area contributed by atoms with Gasteiger partial charge in [-0.05, 0) is 43.2 Å². The van der Waals surface area contributed by atoms with Gasteiger partial charge >= 0.3 is 0 Å². The maximum atomic E-state index is 13.6. The highest BCUT2D eigenvalue weighted by Crippen LogP contribution is 2.37. The van der Waals surface area contributed by atoms with Crippen LogP contribution in [0.4, 0.5) is 4.39 Å². The molecule has 130 valence electrons. The van der Waals surface area contributed by atoms with E-state index in [0.717, 1.165) is 32.0 Å². The highest BCUT2D eigenvalue weighted by molar-refractivity contribution is 5.76. The molecule has 1 amide bonds. The third-order valence-corrected chi connectivity index (χ3v) is 5.54. The maximum absolute atomic E-state index is 13.6. The van der Waals surface area contributed by atoms with Crippen LogP contribution < -0.4 is 5.32 Å². The number of hydrogen-bond acceptors (Lipinski definition) is 3. The summed E-state index contributed by atoms with van der Waals surface area (Å²) in [7, 11) is 0. The minimum absolute atomic E-state index is 0.0164. The fraction of sp³-hybridized carbons (Fsp3) is 0.632. The van der Waals surface area contributed by atoms with E-state index in [1.165, 1.54) is 18.9 Å². The summed E-state index contributed by atoms with van der Waals surface area (Å²) in [5, 5.41) is 3.13. The van der Waals surface area contributed by atoms with Crippen LogP contribution in [0.15, 0.2) is 24.3 Å². The van der Waals surface area contributed by atoms with Gasteiger partial charge in [-0.25, -0.2) is 4.39 Å². The molecule has 0 unspecified atom stereocenters. The summed E-state index contributed by atoms with van der Waals surface area (Å²) in [4.78, 5) is 14.7. The number of ether oxygens (including phenoxy) is 1. The van der Waals surface area contributed by atoms with Gasteiger partial charge in [0.1, 0.15) is 5.82 Å². The molecule has 24 heavy (non-hydrogen) atoms. The first-order valence-electron chi connectivity index (χ1n) is 9.07. The molecular formula is C19H25FN2O2. The number of carbonyl (C=O) groups excluding carboxylic acids is 1. The van der Waals surface area contributed by atoms with Crippen molar-refractivity contribution in [2.45, 2.75) is 50.3 Å². The van der Waals surface area contributed by atoms with Gasteiger partial charge in [-0.2, -0.15) is 0 Å². The summed E-state index contributed by atoms with van der Waals surface area (Å²) >= 11 is 0. The van der Waals surface area contributed by atoms with Crippen molar-refractivity contribution in [3.63, 3.8) is 0 Å². The van der Waals surface area contributed by atoms with E-state index in [1.54, 1.807) is 12.1 Å². The molecule has 4 rings (SSSR count). The number of halogens is 1. The summed E-state index contributed by atoms with van der Waals surface area (Å²) in [5.41, 5.74) is 0.608. The molecular weight excluding hydrogens is 307 g/mol. The largest absolute Gasteiger partial charge is 0.375 e. The zero-order valence-corrected chi connectivity index (χ0v) is 13.9. The van der Waals surface area contributed by atoms with Crippen LogP contribution in [0, 0.1) is 11.7 Å². The Bertz CT molecular complexity index is 605. The van der Waals surface area contributed by atoms with Gasteiger partial charge in [0, 0.05) is 31.6 Å². The van der Waals surface area contributed by atoms with Gasteiger partial charge in [-0.1, -0.05) is 18.2 Å². The van der Waals surface area contributed by atoms with Crippen LogP contribution in [0.2, 0.25) is 0 Å². The molecule has 0 spiro atoms. The van der Waals surface area contributed by atoms with Crippen LogP contribution in [-0.2, 0) is 16.0 Å². The third-order valence-electron chi connectivity index (χ3n) is 5.54. The molecule has 1 aromatic rings. The third kappa shape index (κ3) is 3.62. The molecule has 0 bridgehead atoms. The second-order valence-electron chi connectivity index (χ2n) is 7.41. The van der Waals surface area contributed by atoms with Gasteiger partial charge in [0.15, 0.2) is 0 Å². The second kappa shape index (κ2) is 6.81. The van der Waals surface area contributed by atoms with E-state index in [2.05, 4.69) is 10.2 Å². The molecule has 2 heterocycles. The summed E-state index contributed by atoms with van der Waals surface area (Å²) in [5.74, 6) is 0.551. The number of carbonyl (C=O) groups is 1. The van der Waals surface area contributed by atoms with E-state index >= 15 is 0 Å². The second-order valence-corrected chi connectivity index (χ2v) is 7.41. The number of nitrogens with one attached hydrogen (secondary N) is 1. The van der Waals surface area contributed by atoms with E-state index in [0.29, 0.717) is 30.6 Å². The molecule has 3 aliphatic rings. The van der Waals surface area contributed by atoms with Crippen LogP contribution >= 0.6 is 0 Å². The van der Waals surface area contributed by atoms with Crippen molar-refractivity contribution >= 4 is 5.91 Å². The SMILES string of the molecule is O=C(CCc1ccccc1F)N[C@@H]1C[C@H]2CO[C@@H](C3CC3)CN2C1. The van der Waals surface area contributed by atoms with Crippen molar-refractivity contribution in [1.29, 1.82) is 0 Å². The number of fused-ring (bicyclic) bond motifs is 1. The Labute approximate surface area is 142 Å². The van der Waals surface area contributed by atoms with Crippen molar-refractivity contribution in [2.24, 2.45) is 5.92 Å². The van der Waals surface area contributed by atoms with Crippen LogP contribution in [0.1, 0.15) is 31.2 Å². The monoisotopic (exact) mass is 332 g/mol. The van der Waals surface area contributed by atoms with E-state index in [9.17, 15) is 9.18 Å². The first kappa shape index (κ1) is 16.0. The van der Waals surface area contributed by atoms with Gasteiger partial charge in [0.2, 0.25) is 5.91 Å². The van der Waals surface area contributed by atoms with Crippen molar-refractivity contribution < 1.29 is 13.9 Å². The summed E-state index contributed by atoms with van der Waals surface area (Å²) < 4.78 is 19.6. The zero-order valence-electron chi connectivity index (χ0n) is 13.9. The summed E-state index contributed by atoms with van der Waals surface area (Å²) in [6.45, 7) is 2.72. The quantitative estimate of drug-likeness (QED) is 0.898. The Hall–Kier alpha value is -1.46. The van der Waals surface area contributed by atoms with Crippen LogP contribution in [-0.4, -0.2) is 48.7 Å². The molecule has 3 atom stereocenters. The smallest absolute Gasteiger partial charge is 0.220 e. The van der Waals surface area contributed by atoms with Crippen molar-refractivity contribution in [3.8, 4) is 0 Å². The molecule has 0 radical (unpaired) electrons. The Balaban J connectivity index is 1.24. The van der Waals surface area contributed by atoms with Gasteiger partial charge < -0.3 is 10.1 Å². The number of aryl methyl sites for hydroxylation is 1. The van der Waals surface area contributed by atoms with Gasteiger partial charge in [0.25, 0.3) is 0 Å². The topological polar surface area (TPSA) is 41.6 Å². The molecule has 1 aliphatic carbocycles. The average molecular weight is 332 g/mol. The standard InChI is InChI=1S/C19H25FN2O2/c20-17-4-2-1-3-13(17)7-8-19(23)21-15-9-16-12-24-18(14-5-6-14)11-22(16)10-15/h1-4,14-16,18H,5-12H2,(H,21,23)/t15-,16+,18-/m1/s1. The lowest BCUT2D eigenvalue weighted by Gasteiger charge is -2.35. The van der Waals surface area contributed by atoms with E-state index in [1.807, 2.05) is 6.07 Å². The predicted octanol–water partition coefficient (Wildman–Crippen LogP) is 2.13. The van der Waals surface area contributed by atoms with E-state index in [4.69, 9.17) is 4.74 Å². The molecule has 0 aromatic heterocycles. The summed E-state index contributed by atoms with van der Waals surface area (Å²) in [6.07, 6.45) is 4.76. The Morgan fingerprint density at radius 2 is 2.12 bits per heavy atom. The summed E-state index contributed by atoms with van der Waals surface area (Å²) in [6, 6.07) is 7.31. The van der Waals surface area contributed by atoms with Gasteiger partial charge in [-0.15, -0.1) is 0 Å². The first-order chi connectivity index (χ1) is 11.7. The van der Waals surface area contributed by atoms with Crippen LogP contribution in [0.3, 0.4) is 0 Å². The van der Waals surface area contributed by atoms with Crippen molar-refractivity contribution in [1.82, 2.24) is 10.2 Å². The average Bonchev–Trinajstić information content (AvgIpc) is 3.34. The Morgan fingerprint density at radius 3 is 2.92 bits per heavy atom. The predicted molar refractivity (Wildman–Crippen MR) is 89.1 cm³/mol. The molecule has 1 aromatic carbocycles. The number of rotatable bonds is 5. The maximum Gasteiger partial charge on any atom is 0.220 e. The Morgan fingerprint density at radius 1 is 1.29 bits per heavy atom. The van der Waals surface area contributed by atoms with Crippen LogP contribution in [0.5, 0.6) is 0 Å². The number of hydrogen-bond donors (Lipinski definition) is 1. The lowest BCUT2D eigenvalue weighted by Crippen LogP contribution is -2.47. The molecule has 1 N–H and O–H groups in total. The Kier molecular flexibility index (Phi) is 4.55. The normalized spacial score (nSPS) is 30.1. The number of benzene rings is 1. The van der Waals surface area contributed by atoms with Gasteiger partial charge in [-0.3, -0.25) is 9.69 Å². The lowest BCUT2D eigenvalue weighted by atomic mass is 10.1. The van der Waals surface area contributed by atoms with Gasteiger partial charge in [0.05, 0.1) is 12.7 Å². The molecule has 5 heteroatoms. The number of amides is 1. The number of morpholine rings is 1. The lowest BCUT2D eigenvalue weighted by molar-refractivity contribution is -0.121. The zero-order chi connectivity index (χ0) is 16.5. The molecule has 4 nitrogen and oxygen atoms in total. The highest BCUT2D eigenvalue weighted by atomic mass is 19.1. The van der Waals surface area contributed by atoms with E-state index < -0.39 is 0 Å². The number of nitrogens with zero attached hydrogens (tertiary/aromatic N) is 1. The van der Waals surface area contributed by atoms with Crippen LogP contribution in [0.25, 0.3) is 0 Å². The van der Waals surface area contributed by atoms with Crippen molar-refractivity contribution in [3.05, 3.63) is 35.6 Å². The molecule has 1 saturated carbocycles. The molecule has 2 aliphatic heterocycles. The molecule has 3 fully saturated rings. The van der Waals surface area contributed by atoms with Crippen molar-refractivity contribution in [2.75, 3.05) is 19.7 Å². The minimum Gasteiger partial charge on any atom is -0.375 e. The highest BCUT2D eigenvalue weighted by Gasteiger charge is 2.42. The minimum atomic E-state index is -0.230.